The van der Waals surface area contributed by atoms with Gasteiger partial charge in [0.05, 0.1) is 11.1 Å². The molecular formula is C17H11F2N5O2. The number of aromatic nitrogens is 4. The van der Waals surface area contributed by atoms with Gasteiger partial charge in [-0.1, -0.05) is 6.07 Å². The number of carbonyl (C=O) groups is 1. The Bertz CT molecular complexity index is 1170. The molecule has 0 fully saturated rings. The number of carboxylic acids is 1. The molecule has 0 bridgehead atoms. The average Bonchev–Trinajstić information content (AvgIpc) is 3.08. The maximum absolute atomic E-state index is 14.3. The van der Waals surface area contributed by atoms with Gasteiger partial charge in [-0.15, -0.1) is 10.2 Å². The summed E-state index contributed by atoms with van der Waals surface area (Å²) < 4.78 is 29.3. The highest BCUT2D eigenvalue weighted by atomic mass is 19.1. The van der Waals surface area contributed by atoms with Gasteiger partial charge < -0.3 is 10.0 Å². The number of carboxylic acid groups (broad SMARTS) is 1. The van der Waals surface area contributed by atoms with E-state index >= 15 is 0 Å². The van der Waals surface area contributed by atoms with Crippen molar-refractivity contribution in [2.75, 3.05) is 11.9 Å². The molecule has 0 aliphatic heterocycles. The van der Waals surface area contributed by atoms with E-state index in [1.54, 1.807) is 24.1 Å². The summed E-state index contributed by atoms with van der Waals surface area (Å²) in [6, 6.07) is 8.13. The summed E-state index contributed by atoms with van der Waals surface area (Å²) in [5.41, 5.74) is 0.389. The quantitative estimate of drug-likeness (QED) is 0.608. The van der Waals surface area contributed by atoms with Crippen molar-refractivity contribution >= 4 is 34.2 Å². The highest BCUT2D eigenvalue weighted by molar-refractivity contribution is 5.98. The largest absolute Gasteiger partial charge is 0.478 e. The summed E-state index contributed by atoms with van der Waals surface area (Å²) in [4.78, 5) is 17.2. The van der Waals surface area contributed by atoms with Gasteiger partial charge in [-0.3, -0.25) is 4.40 Å². The first-order valence-corrected chi connectivity index (χ1v) is 7.51. The lowest BCUT2D eigenvalue weighted by molar-refractivity contribution is 0.0692. The summed E-state index contributed by atoms with van der Waals surface area (Å²) in [6.07, 6.45) is 1.36. The summed E-state index contributed by atoms with van der Waals surface area (Å²) in [5.74, 6) is -2.21. The molecule has 0 spiro atoms. The highest BCUT2D eigenvalue weighted by Gasteiger charge is 2.19. The number of aromatic carboxylic acids is 1. The first-order valence-electron chi connectivity index (χ1n) is 7.51. The van der Waals surface area contributed by atoms with E-state index in [1.807, 2.05) is 0 Å². The predicted octanol–water partition coefficient (Wildman–Crippen LogP) is 3.02. The molecule has 0 saturated carbocycles. The van der Waals surface area contributed by atoms with E-state index in [-0.39, 0.29) is 5.78 Å². The van der Waals surface area contributed by atoms with Crippen LogP contribution in [0.4, 0.5) is 20.3 Å². The van der Waals surface area contributed by atoms with Crippen LogP contribution in [0.3, 0.4) is 0 Å². The van der Waals surface area contributed by atoms with E-state index < -0.39 is 23.2 Å². The summed E-state index contributed by atoms with van der Waals surface area (Å²) in [5, 5.41) is 17.2. The van der Waals surface area contributed by atoms with E-state index in [1.165, 1.54) is 28.9 Å². The van der Waals surface area contributed by atoms with Gasteiger partial charge in [0.2, 0.25) is 0 Å². The molecule has 0 aliphatic rings. The van der Waals surface area contributed by atoms with Gasteiger partial charge >= 0.3 is 5.97 Å². The van der Waals surface area contributed by atoms with Crippen LogP contribution in [-0.4, -0.2) is 37.7 Å². The number of anilines is 2. The highest BCUT2D eigenvalue weighted by Crippen LogP contribution is 2.31. The fourth-order valence-corrected chi connectivity index (χ4v) is 2.80. The summed E-state index contributed by atoms with van der Waals surface area (Å²) in [7, 11) is 1.65. The minimum atomic E-state index is -1.39. The third-order valence-corrected chi connectivity index (χ3v) is 4.07. The van der Waals surface area contributed by atoms with Crippen molar-refractivity contribution in [3.63, 3.8) is 0 Å². The number of nitrogens with zero attached hydrogens (tertiary/aromatic N) is 5. The third kappa shape index (κ3) is 2.41. The van der Waals surface area contributed by atoms with E-state index in [0.29, 0.717) is 22.4 Å². The summed E-state index contributed by atoms with van der Waals surface area (Å²) >= 11 is 0. The predicted molar refractivity (Wildman–Crippen MR) is 89.7 cm³/mol. The van der Waals surface area contributed by atoms with Crippen LogP contribution in [0.5, 0.6) is 0 Å². The molecule has 4 aromatic rings. The molecule has 1 N–H and O–H groups in total. The molecule has 26 heavy (non-hydrogen) atoms. The Hall–Kier alpha value is -3.62. The Morgan fingerprint density at radius 3 is 2.77 bits per heavy atom. The Labute approximate surface area is 145 Å². The van der Waals surface area contributed by atoms with E-state index in [2.05, 4.69) is 15.2 Å². The topological polar surface area (TPSA) is 83.6 Å². The maximum Gasteiger partial charge on any atom is 0.338 e. The van der Waals surface area contributed by atoms with Crippen molar-refractivity contribution in [1.29, 1.82) is 0 Å². The lowest BCUT2D eigenvalue weighted by atomic mass is 10.1. The van der Waals surface area contributed by atoms with Crippen LogP contribution in [0.1, 0.15) is 10.4 Å². The Morgan fingerprint density at radius 1 is 1.23 bits per heavy atom. The number of benzene rings is 2. The molecule has 0 radical (unpaired) electrons. The lowest BCUT2D eigenvalue weighted by Crippen LogP contribution is -2.14. The number of fused-ring (bicyclic) bond motifs is 3. The second-order valence-electron chi connectivity index (χ2n) is 5.63. The lowest BCUT2D eigenvalue weighted by Gasteiger charge is -2.20. The maximum atomic E-state index is 14.3. The molecule has 0 saturated heterocycles. The molecule has 0 unspecified atom stereocenters. The van der Waals surface area contributed by atoms with Crippen molar-refractivity contribution in [3.8, 4) is 0 Å². The second kappa shape index (κ2) is 5.73. The fourth-order valence-electron chi connectivity index (χ4n) is 2.80. The smallest absolute Gasteiger partial charge is 0.338 e. The molecule has 2 aromatic carbocycles. The Balaban J connectivity index is 2.04. The molecule has 7 nitrogen and oxygen atoms in total. The van der Waals surface area contributed by atoms with Crippen LogP contribution >= 0.6 is 0 Å². The first-order chi connectivity index (χ1) is 12.5. The molecule has 4 rings (SSSR count). The molecule has 0 atom stereocenters. The standard InChI is InChI=1S/C17H11F2N5O2/c1-23(10-4-2-3-9(18)5-10)15-12-6-13(19)11(16(25)26)7-14(12)24-8-20-22-17(24)21-15/h2-8H,1H3,(H,25,26). The monoisotopic (exact) mass is 355 g/mol. The van der Waals surface area contributed by atoms with Crippen LogP contribution in [0.15, 0.2) is 42.7 Å². The van der Waals surface area contributed by atoms with Gasteiger partial charge in [-0.05, 0) is 30.3 Å². The summed E-state index contributed by atoms with van der Waals surface area (Å²) in [6.45, 7) is 0. The van der Waals surface area contributed by atoms with Gasteiger partial charge in [-0.25, -0.2) is 13.6 Å². The number of hydrogen-bond donors (Lipinski definition) is 1. The van der Waals surface area contributed by atoms with Crippen molar-refractivity contribution in [3.05, 3.63) is 59.9 Å². The Kier molecular flexibility index (Phi) is 3.50. The van der Waals surface area contributed by atoms with Crippen LogP contribution in [-0.2, 0) is 0 Å². The van der Waals surface area contributed by atoms with Gasteiger partial charge in [0.15, 0.2) is 0 Å². The van der Waals surface area contributed by atoms with Crippen molar-refractivity contribution < 1.29 is 18.7 Å². The minimum Gasteiger partial charge on any atom is -0.478 e. The number of hydrogen-bond acceptors (Lipinski definition) is 5. The first kappa shape index (κ1) is 15.9. The van der Waals surface area contributed by atoms with E-state index in [0.717, 1.165) is 6.07 Å². The molecule has 0 amide bonds. The molecule has 2 aromatic heterocycles. The van der Waals surface area contributed by atoms with Crippen LogP contribution < -0.4 is 4.90 Å². The van der Waals surface area contributed by atoms with Crippen LogP contribution in [0, 0.1) is 11.6 Å². The van der Waals surface area contributed by atoms with Gasteiger partial charge in [0.25, 0.3) is 5.78 Å². The number of halogens is 2. The van der Waals surface area contributed by atoms with Gasteiger partial charge in [0.1, 0.15) is 23.8 Å². The zero-order chi connectivity index (χ0) is 18.4. The Morgan fingerprint density at radius 2 is 2.04 bits per heavy atom. The van der Waals surface area contributed by atoms with Crippen molar-refractivity contribution in [1.82, 2.24) is 19.6 Å². The zero-order valence-electron chi connectivity index (χ0n) is 13.4. The molecule has 9 heteroatoms. The zero-order valence-corrected chi connectivity index (χ0v) is 13.4. The van der Waals surface area contributed by atoms with Crippen LogP contribution in [0.25, 0.3) is 16.7 Å². The average molecular weight is 355 g/mol. The molecular weight excluding hydrogens is 344 g/mol. The SMILES string of the molecule is CN(c1cccc(F)c1)c1nc2nncn2c2cc(C(=O)O)c(F)cc12. The molecule has 130 valence electrons. The van der Waals surface area contributed by atoms with E-state index in [9.17, 15) is 18.7 Å². The second-order valence-corrected chi connectivity index (χ2v) is 5.63. The minimum absolute atomic E-state index is 0.207. The van der Waals surface area contributed by atoms with Crippen molar-refractivity contribution in [2.45, 2.75) is 0 Å². The van der Waals surface area contributed by atoms with E-state index in [4.69, 9.17) is 0 Å². The normalized spacial score (nSPS) is 11.2. The molecule has 2 heterocycles. The third-order valence-electron chi connectivity index (χ3n) is 4.07. The van der Waals surface area contributed by atoms with Gasteiger partial charge in [-0.2, -0.15) is 4.98 Å². The fraction of sp³-hybridized carbons (Fsp3) is 0.0588. The van der Waals surface area contributed by atoms with Crippen molar-refractivity contribution in [2.24, 2.45) is 0 Å². The van der Waals surface area contributed by atoms with Gasteiger partial charge in [0, 0.05) is 18.1 Å². The number of rotatable bonds is 3. The van der Waals surface area contributed by atoms with Crippen LogP contribution in [0.2, 0.25) is 0 Å². The molecule has 0 aliphatic carbocycles.